The van der Waals surface area contributed by atoms with E-state index in [2.05, 4.69) is 9.71 Å². The number of anilines is 1. The Bertz CT molecular complexity index is 1390. The van der Waals surface area contributed by atoms with Gasteiger partial charge in [-0.3, -0.25) is 14.5 Å². The van der Waals surface area contributed by atoms with Gasteiger partial charge in [-0.15, -0.1) is 0 Å². The van der Waals surface area contributed by atoms with E-state index in [1.54, 1.807) is 24.4 Å². The van der Waals surface area contributed by atoms with Crippen molar-refractivity contribution in [3.05, 3.63) is 82.4 Å². The third-order valence-electron chi connectivity index (χ3n) is 6.65. The number of carbonyl (C=O) groups is 1. The standard InChI is InChI=1S/C25H22ClFN2O4S/c1-15(21-5-2-3-10-28-21)33-22-13-17(12-19-18(22)14-24(30)25(19)8-4-9-25)29-34(31,32)23-7-6-16(26)11-20(23)27/h2-3,5-7,10-13,15,29H,4,8-9,14H2,1H3. The summed E-state index contributed by atoms with van der Waals surface area (Å²) in [6.07, 6.45) is 3.83. The molecule has 1 unspecified atom stereocenters. The zero-order valence-electron chi connectivity index (χ0n) is 18.3. The average Bonchev–Trinajstić information content (AvgIpc) is 3.06. The third-order valence-corrected chi connectivity index (χ3v) is 8.30. The molecule has 2 aliphatic carbocycles. The number of ketones is 1. The van der Waals surface area contributed by atoms with E-state index in [-0.39, 0.29) is 22.9 Å². The summed E-state index contributed by atoms with van der Waals surface area (Å²) in [7, 11) is -4.25. The lowest BCUT2D eigenvalue weighted by atomic mass is 9.64. The topological polar surface area (TPSA) is 85.4 Å². The fraction of sp³-hybridized carbons (Fsp3) is 0.280. The van der Waals surface area contributed by atoms with Crippen molar-refractivity contribution in [2.75, 3.05) is 4.72 Å². The van der Waals surface area contributed by atoms with Crippen molar-refractivity contribution >= 4 is 33.1 Å². The van der Waals surface area contributed by atoms with Gasteiger partial charge in [-0.2, -0.15) is 0 Å². The van der Waals surface area contributed by atoms with Crippen LogP contribution in [0.1, 0.15) is 49.1 Å². The number of sulfonamides is 1. The van der Waals surface area contributed by atoms with Crippen molar-refractivity contribution < 1.29 is 22.3 Å². The second kappa shape index (κ2) is 8.36. The Kier molecular flexibility index (Phi) is 5.61. The zero-order valence-corrected chi connectivity index (χ0v) is 19.9. The molecule has 1 aromatic heterocycles. The van der Waals surface area contributed by atoms with E-state index >= 15 is 0 Å². The molecule has 1 atom stereocenters. The Morgan fingerprint density at radius 2 is 1.97 bits per heavy atom. The van der Waals surface area contributed by atoms with E-state index in [1.165, 1.54) is 6.07 Å². The van der Waals surface area contributed by atoms with E-state index in [0.29, 0.717) is 11.4 Å². The molecule has 1 saturated carbocycles. The normalized spacial score (nSPS) is 17.2. The van der Waals surface area contributed by atoms with E-state index in [9.17, 15) is 17.6 Å². The fourth-order valence-corrected chi connectivity index (χ4v) is 6.01. The number of nitrogens with zero attached hydrogens (tertiary/aromatic N) is 1. The smallest absolute Gasteiger partial charge is 0.264 e. The number of benzene rings is 2. The number of halogens is 2. The van der Waals surface area contributed by atoms with Crippen LogP contribution < -0.4 is 9.46 Å². The third kappa shape index (κ3) is 3.84. The molecule has 9 heteroatoms. The molecule has 1 spiro atoms. The number of rotatable bonds is 6. The van der Waals surface area contributed by atoms with Gasteiger partial charge in [0.05, 0.1) is 16.8 Å². The van der Waals surface area contributed by atoms with Crippen LogP contribution in [-0.2, 0) is 26.7 Å². The van der Waals surface area contributed by atoms with Gasteiger partial charge in [0, 0.05) is 29.3 Å². The van der Waals surface area contributed by atoms with Crippen molar-refractivity contribution in [3.8, 4) is 5.75 Å². The average molecular weight is 501 g/mol. The minimum absolute atomic E-state index is 0.0959. The van der Waals surface area contributed by atoms with Gasteiger partial charge in [-0.05, 0) is 61.7 Å². The minimum Gasteiger partial charge on any atom is -0.484 e. The summed E-state index contributed by atoms with van der Waals surface area (Å²) in [5, 5.41) is 0.0959. The number of hydrogen-bond acceptors (Lipinski definition) is 5. The highest BCUT2D eigenvalue weighted by Crippen LogP contribution is 2.53. The molecule has 1 N–H and O–H groups in total. The van der Waals surface area contributed by atoms with E-state index in [0.717, 1.165) is 42.5 Å². The molecule has 1 heterocycles. The molecule has 34 heavy (non-hydrogen) atoms. The SMILES string of the molecule is CC(Oc1cc(NS(=O)(=O)c2ccc(Cl)cc2F)cc2c1CC(=O)C21CCC1)c1ccccn1. The molecular formula is C25H22ClFN2O4S. The van der Waals surface area contributed by atoms with Gasteiger partial charge in [0.2, 0.25) is 0 Å². The molecule has 0 aliphatic heterocycles. The van der Waals surface area contributed by atoms with Gasteiger partial charge < -0.3 is 4.74 Å². The predicted molar refractivity (Wildman–Crippen MR) is 126 cm³/mol. The molecular weight excluding hydrogens is 479 g/mol. The Hall–Kier alpha value is -2.97. The largest absolute Gasteiger partial charge is 0.484 e. The maximum Gasteiger partial charge on any atom is 0.264 e. The second-order valence-corrected chi connectivity index (χ2v) is 10.8. The van der Waals surface area contributed by atoms with E-state index in [1.807, 2.05) is 19.1 Å². The Morgan fingerprint density at radius 1 is 1.18 bits per heavy atom. The molecule has 1 fully saturated rings. The molecule has 0 saturated heterocycles. The lowest BCUT2D eigenvalue weighted by molar-refractivity contribution is -0.125. The van der Waals surface area contributed by atoms with Crippen LogP contribution in [0.4, 0.5) is 10.1 Å². The van der Waals surface area contributed by atoms with Gasteiger partial charge >= 0.3 is 0 Å². The molecule has 6 nitrogen and oxygen atoms in total. The van der Waals surface area contributed by atoms with Crippen molar-refractivity contribution in [2.45, 2.75) is 49.0 Å². The molecule has 176 valence electrons. The summed E-state index contributed by atoms with van der Waals surface area (Å²) in [4.78, 5) is 16.8. The number of pyridine rings is 1. The van der Waals surface area contributed by atoms with Gasteiger partial charge in [-0.1, -0.05) is 24.1 Å². The zero-order chi connectivity index (χ0) is 24.1. The highest BCUT2D eigenvalue weighted by molar-refractivity contribution is 7.92. The molecule has 3 aromatic rings. The Morgan fingerprint density at radius 3 is 2.62 bits per heavy atom. The summed E-state index contributed by atoms with van der Waals surface area (Å²) in [6, 6.07) is 12.1. The van der Waals surface area contributed by atoms with Crippen LogP contribution in [0.25, 0.3) is 0 Å². The molecule has 5 rings (SSSR count). The number of fused-ring (bicyclic) bond motifs is 2. The van der Waals surface area contributed by atoms with Gasteiger partial charge in [0.25, 0.3) is 10.0 Å². The molecule has 2 aliphatic rings. The minimum atomic E-state index is -4.25. The maximum absolute atomic E-state index is 14.4. The fourth-order valence-electron chi connectivity index (χ4n) is 4.75. The van der Waals surface area contributed by atoms with Crippen LogP contribution in [0.2, 0.25) is 5.02 Å². The highest BCUT2D eigenvalue weighted by atomic mass is 35.5. The number of carbonyl (C=O) groups excluding carboxylic acids is 1. The first-order valence-corrected chi connectivity index (χ1v) is 12.8. The van der Waals surface area contributed by atoms with Crippen LogP contribution in [-0.4, -0.2) is 19.2 Å². The van der Waals surface area contributed by atoms with E-state index < -0.39 is 32.3 Å². The molecule has 0 radical (unpaired) electrons. The van der Waals surface area contributed by atoms with Crippen molar-refractivity contribution in [1.82, 2.24) is 4.98 Å². The Labute approximate surface area is 202 Å². The number of hydrogen-bond donors (Lipinski definition) is 1. The second-order valence-electron chi connectivity index (χ2n) is 8.73. The summed E-state index contributed by atoms with van der Waals surface area (Å²) in [5.74, 6) is -0.415. The van der Waals surface area contributed by atoms with Crippen molar-refractivity contribution in [2.24, 2.45) is 0 Å². The first-order valence-electron chi connectivity index (χ1n) is 11.0. The molecule has 2 aromatic carbocycles. The highest BCUT2D eigenvalue weighted by Gasteiger charge is 2.51. The summed E-state index contributed by atoms with van der Waals surface area (Å²) >= 11 is 5.77. The van der Waals surface area contributed by atoms with Crippen molar-refractivity contribution in [1.29, 1.82) is 0 Å². The number of aromatic nitrogens is 1. The van der Waals surface area contributed by atoms with E-state index in [4.69, 9.17) is 16.3 Å². The Balaban J connectivity index is 1.56. The lowest BCUT2D eigenvalue weighted by Crippen LogP contribution is -2.39. The first kappa shape index (κ1) is 22.8. The quantitative estimate of drug-likeness (QED) is 0.492. The molecule has 0 bridgehead atoms. The molecule has 0 amide bonds. The summed E-state index contributed by atoms with van der Waals surface area (Å²) < 4.78 is 49.0. The first-order chi connectivity index (χ1) is 16.2. The van der Waals surface area contributed by atoms with Gasteiger partial charge in [-0.25, -0.2) is 12.8 Å². The van der Waals surface area contributed by atoms with Crippen LogP contribution in [0, 0.1) is 5.82 Å². The van der Waals surface area contributed by atoms with Crippen LogP contribution in [0.15, 0.2) is 59.6 Å². The number of ether oxygens (including phenoxy) is 1. The van der Waals surface area contributed by atoms with Crippen LogP contribution in [0.3, 0.4) is 0 Å². The summed E-state index contributed by atoms with van der Waals surface area (Å²) in [5.41, 5.74) is 1.86. The monoisotopic (exact) mass is 500 g/mol. The van der Waals surface area contributed by atoms with Crippen molar-refractivity contribution in [3.63, 3.8) is 0 Å². The van der Waals surface area contributed by atoms with Crippen LogP contribution >= 0.6 is 11.6 Å². The van der Waals surface area contributed by atoms with Crippen LogP contribution in [0.5, 0.6) is 5.75 Å². The number of nitrogens with one attached hydrogen (secondary N) is 1. The summed E-state index contributed by atoms with van der Waals surface area (Å²) in [6.45, 7) is 1.84. The lowest BCUT2D eigenvalue weighted by Gasteiger charge is -2.37. The van der Waals surface area contributed by atoms with Gasteiger partial charge in [0.1, 0.15) is 28.3 Å². The predicted octanol–water partition coefficient (Wildman–Crippen LogP) is 5.36. The maximum atomic E-state index is 14.4. The van der Waals surface area contributed by atoms with Gasteiger partial charge in [0.15, 0.2) is 0 Å². The number of Topliss-reactive ketones (excluding diaryl/α,β-unsaturated/α-hetero) is 1.